The van der Waals surface area contributed by atoms with Crippen molar-refractivity contribution < 1.29 is 14.7 Å². The molecule has 1 aromatic heterocycles. The molecule has 7 heteroatoms. The van der Waals surface area contributed by atoms with E-state index >= 15 is 0 Å². The summed E-state index contributed by atoms with van der Waals surface area (Å²) < 4.78 is 1.78. The number of fused-ring (bicyclic) bond motifs is 1. The number of carbonyl (C=O) groups is 2. The van der Waals surface area contributed by atoms with E-state index in [2.05, 4.69) is 46.3 Å². The zero-order chi connectivity index (χ0) is 22.8. The molecule has 1 amide bonds. The first-order valence-corrected chi connectivity index (χ1v) is 11.0. The van der Waals surface area contributed by atoms with Crippen molar-refractivity contribution in [1.82, 2.24) is 14.5 Å². The molecule has 3 aromatic carbocycles. The number of anilines is 1. The Balaban J connectivity index is 1.26. The Kier molecular flexibility index (Phi) is 5.52. The van der Waals surface area contributed by atoms with Crippen molar-refractivity contribution in [3.8, 4) is 11.1 Å². The van der Waals surface area contributed by atoms with Gasteiger partial charge in [0.15, 0.2) is 0 Å². The van der Waals surface area contributed by atoms with E-state index < -0.39 is 5.97 Å². The molecule has 0 aliphatic carbocycles. The fraction of sp³-hybridized carbons (Fsp3) is 0.192. The lowest BCUT2D eigenvalue weighted by atomic mass is 10.0. The summed E-state index contributed by atoms with van der Waals surface area (Å²) >= 11 is 0. The number of piperazine rings is 1. The number of aromatic carboxylic acids is 1. The molecule has 33 heavy (non-hydrogen) atoms. The van der Waals surface area contributed by atoms with Crippen molar-refractivity contribution in [1.29, 1.82) is 0 Å². The Morgan fingerprint density at radius 1 is 0.879 bits per heavy atom. The molecule has 0 atom stereocenters. The smallest absolute Gasteiger partial charge is 0.335 e. The first-order valence-electron chi connectivity index (χ1n) is 11.0. The standard InChI is InChI=1S/C26H24N4O3/c31-25(17-30-18-27-22-16-20(26(32)33)10-11-24(22)30)29-14-12-28(13-15-29)23-9-5-4-8-21(23)19-6-2-1-3-7-19/h1-11,16,18H,12-15,17H2,(H,32,33). The van der Waals surface area contributed by atoms with Crippen LogP contribution in [0.25, 0.3) is 22.2 Å². The van der Waals surface area contributed by atoms with E-state index in [0.29, 0.717) is 18.6 Å². The summed E-state index contributed by atoms with van der Waals surface area (Å²) in [5.41, 5.74) is 5.08. The number of para-hydroxylation sites is 1. The summed E-state index contributed by atoms with van der Waals surface area (Å²) in [6.45, 7) is 3.02. The number of hydrogen-bond acceptors (Lipinski definition) is 4. The molecule has 0 saturated carbocycles. The fourth-order valence-electron chi connectivity index (χ4n) is 4.38. The number of hydrogen-bond donors (Lipinski definition) is 1. The molecule has 1 aliphatic rings. The van der Waals surface area contributed by atoms with Crippen LogP contribution in [0.2, 0.25) is 0 Å². The second-order valence-corrected chi connectivity index (χ2v) is 8.13. The maximum Gasteiger partial charge on any atom is 0.335 e. The summed E-state index contributed by atoms with van der Waals surface area (Å²) in [6.07, 6.45) is 1.60. The topological polar surface area (TPSA) is 78.7 Å². The number of imidazole rings is 1. The third kappa shape index (κ3) is 4.17. The van der Waals surface area contributed by atoms with Gasteiger partial charge in [0.2, 0.25) is 5.91 Å². The van der Waals surface area contributed by atoms with E-state index in [0.717, 1.165) is 18.6 Å². The van der Waals surface area contributed by atoms with Crippen LogP contribution in [0.5, 0.6) is 0 Å². The summed E-state index contributed by atoms with van der Waals surface area (Å²) in [5.74, 6) is -0.957. The maximum absolute atomic E-state index is 13.0. The van der Waals surface area contributed by atoms with E-state index in [4.69, 9.17) is 5.11 Å². The van der Waals surface area contributed by atoms with Crippen LogP contribution in [0.4, 0.5) is 5.69 Å². The van der Waals surface area contributed by atoms with Gasteiger partial charge >= 0.3 is 5.97 Å². The van der Waals surface area contributed by atoms with E-state index in [1.165, 1.54) is 28.9 Å². The number of benzene rings is 3. The number of carboxylic acid groups (broad SMARTS) is 1. The van der Waals surface area contributed by atoms with Crippen LogP contribution < -0.4 is 4.90 Å². The van der Waals surface area contributed by atoms with Crippen molar-refractivity contribution in [2.75, 3.05) is 31.1 Å². The Labute approximate surface area is 191 Å². The minimum atomic E-state index is -0.991. The fourth-order valence-corrected chi connectivity index (χ4v) is 4.38. The monoisotopic (exact) mass is 440 g/mol. The van der Waals surface area contributed by atoms with Crippen molar-refractivity contribution in [3.63, 3.8) is 0 Å². The van der Waals surface area contributed by atoms with Gasteiger partial charge in [0, 0.05) is 37.4 Å². The highest BCUT2D eigenvalue weighted by Crippen LogP contribution is 2.31. The number of carbonyl (C=O) groups excluding carboxylic acids is 1. The van der Waals surface area contributed by atoms with E-state index in [9.17, 15) is 9.59 Å². The van der Waals surface area contributed by atoms with Crippen LogP contribution in [0.15, 0.2) is 79.1 Å². The zero-order valence-electron chi connectivity index (χ0n) is 18.1. The minimum Gasteiger partial charge on any atom is -0.478 e. The van der Waals surface area contributed by atoms with E-state index in [1.54, 1.807) is 17.0 Å². The molecule has 4 aromatic rings. The summed E-state index contributed by atoms with van der Waals surface area (Å²) in [7, 11) is 0. The Morgan fingerprint density at radius 3 is 2.36 bits per heavy atom. The third-order valence-corrected chi connectivity index (χ3v) is 6.14. The predicted octanol–water partition coefficient (Wildman–Crippen LogP) is 3.75. The van der Waals surface area contributed by atoms with E-state index in [1.807, 2.05) is 23.1 Å². The molecule has 0 bridgehead atoms. The van der Waals surface area contributed by atoms with Crippen LogP contribution in [0.3, 0.4) is 0 Å². The second kappa shape index (κ2) is 8.78. The first-order chi connectivity index (χ1) is 16.1. The molecule has 1 saturated heterocycles. The average Bonchev–Trinajstić information content (AvgIpc) is 3.26. The number of aromatic nitrogens is 2. The van der Waals surface area contributed by atoms with Crippen LogP contribution >= 0.6 is 0 Å². The Morgan fingerprint density at radius 2 is 1.61 bits per heavy atom. The second-order valence-electron chi connectivity index (χ2n) is 8.13. The number of rotatable bonds is 5. The summed E-state index contributed by atoms with van der Waals surface area (Å²) in [6, 6.07) is 23.5. The van der Waals surface area contributed by atoms with Crippen LogP contribution in [0.1, 0.15) is 10.4 Å². The normalized spacial score (nSPS) is 13.9. The number of carboxylic acids is 1. The SMILES string of the molecule is O=C(O)c1ccc2c(c1)ncn2CC(=O)N1CCN(c2ccccc2-c2ccccc2)CC1. The molecule has 166 valence electrons. The lowest BCUT2D eigenvalue weighted by Crippen LogP contribution is -2.49. The van der Waals surface area contributed by atoms with Gasteiger partial charge in [-0.3, -0.25) is 4.79 Å². The van der Waals surface area contributed by atoms with Crippen LogP contribution in [-0.2, 0) is 11.3 Å². The molecule has 0 spiro atoms. The van der Waals surface area contributed by atoms with Gasteiger partial charge in [-0.1, -0.05) is 48.5 Å². The molecule has 0 radical (unpaired) electrons. The molecule has 1 aliphatic heterocycles. The average molecular weight is 441 g/mol. The summed E-state index contributed by atoms with van der Waals surface area (Å²) in [4.78, 5) is 32.6. The van der Waals surface area contributed by atoms with E-state index in [-0.39, 0.29) is 18.0 Å². The van der Waals surface area contributed by atoms with Gasteiger partial charge in [0.1, 0.15) is 6.54 Å². The molecule has 1 fully saturated rings. The number of amides is 1. The van der Waals surface area contributed by atoms with Gasteiger partial charge < -0.3 is 19.5 Å². The van der Waals surface area contributed by atoms with Gasteiger partial charge in [-0.15, -0.1) is 0 Å². The largest absolute Gasteiger partial charge is 0.478 e. The van der Waals surface area contributed by atoms with Gasteiger partial charge in [-0.25, -0.2) is 9.78 Å². The molecule has 5 rings (SSSR count). The van der Waals surface area contributed by atoms with Crippen molar-refractivity contribution >= 4 is 28.6 Å². The van der Waals surface area contributed by atoms with Crippen molar-refractivity contribution in [3.05, 3.63) is 84.7 Å². The lowest BCUT2D eigenvalue weighted by Gasteiger charge is -2.37. The van der Waals surface area contributed by atoms with Gasteiger partial charge in [-0.2, -0.15) is 0 Å². The third-order valence-electron chi connectivity index (χ3n) is 6.14. The minimum absolute atomic E-state index is 0.0348. The Hall–Kier alpha value is -4.13. The van der Waals surface area contributed by atoms with Gasteiger partial charge in [0.05, 0.1) is 22.9 Å². The highest BCUT2D eigenvalue weighted by atomic mass is 16.4. The molecule has 2 heterocycles. The number of nitrogens with zero attached hydrogens (tertiary/aromatic N) is 4. The molecule has 1 N–H and O–H groups in total. The Bertz CT molecular complexity index is 1310. The highest BCUT2D eigenvalue weighted by molar-refractivity contribution is 5.92. The lowest BCUT2D eigenvalue weighted by molar-refractivity contribution is -0.132. The first kappa shape index (κ1) is 20.8. The molecular formula is C26H24N4O3. The van der Waals surface area contributed by atoms with Crippen LogP contribution in [-0.4, -0.2) is 57.6 Å². The zero-order valence-corrected chi connectivity index (χ0v) is 18.1. The van der Waals surface area contributed by atoms with Gasteiger partial charge in [-0.05, 0) is 29.8 Å². The van der Waals surface area contributed by atoms with Crippen molar-refractivity contribution in [2.24, 2.45) is 0 Å². The van der Waals surface area contributed by atoms with Gasteiger partial charge in [0.25, 0.3) is 0 Å². The molecule has 7 nitrogen and oxygen atoms in total. The predicted molar refractivity (Wildman–Crippen MR) is 127 cm³/mol. The highest BCUT2D eigenvalue weighted by Gasteiger charge is 2.23. The maximum atomic E-state index is 13.0. The summed E-state index contributed by atoms with van der Waals surface area (Å²) in [5, 5.41) is 9.15. The quantitative estimate of drug-likeness (QED) is 0.511. The molecular weight excluding hydrogens is 416 g/mol. The molecule has 0 unspecified atom stereocenters. The van der Waals surface area contributed by atoms with Crippen molar-refractivity contribution in [2.45, 2.75) is 6.54 Å². The van der Waals surface area contributed by atoms with Crippen LogP contribution in [0, 0.1) is 0 Å².